The van der Waals surface area contributed by atoms with Crippen LogP contribution in [-0.2, 0) is 9.63 Å². The first kappa shape index (κ1) is 16.5. The number of hydrazine groups is 1. The van der Waals surface area contributed by atoms with Gasteiger partial charge in [0.25, 0.3) is 5.91 Å². The minimum atomic E-state index is -0.207. The summed E-state index contributed by atoms with van der Waals surface area (Å²) in [5, 5.41) is 5.90. The van der Waals surface area contributed by atoms with Crippen molar-refractivity contribution < 1.29 is 19.1 Å². The summed E-state index contributed by atoms with van der Waals surface area (Å²) in [6, 6.07) is 5.55. The van der Waals surface area contributed by atoms with Crippen LogP contribution in [0.25, 0.3) is 0 Å². The van der Waals surface area contributed by atoms with Gasteiger partial charge in [0.1, 0.15) is 0 Å². The number of hydrogen-bond donors (Lipinski definition) is 1. The van der Waals surface area contributed by atoms with Gasteiger partial charge in [-0.25, -0.2) is 5.01 Å². The summed E-state index contributed by atoms with van der Waals surface area (Å²) >= 11 is 0. The Labute approximate surface area is 140 Å². The highest BCUT2D eigenvalue weighted by Crippen LogP contribution is 2.32. The zero-order valence-electron chi connectivity index (χ0n) is 13.9. The van der Waals surface area contributed by atoms with Crippen molar-refractivity contribution in [2.45, 2.75) is 6.92 Å². The van der Waals surface area contributed by atoms with Gasteiger partial charge in [-0.3, -0.25) is 10.2 Å². The van der Waals surface area contributed by atoms with Crippen molar-refractivity contribution in [1.82, 2.24) is 15.3 Å². The molecule has 0 bridgehead atoms. The van der Waals surface area contributed by atoms with Gasteiger partial charge in [0, 0.05) is 31.7 Å². The zero-order valence-corrected chi connectivity index (χ0v) is 13.9. The highest BCUT2D eigenvalue weighted by atomic mass is 16.7. The van der Waals surface area contributed by atoms with Gasteiger partial charge in [0.2, 0.25) is 6.79 Å². The summed E-state index contributed by atoms with van der Waals surface area (Å²) in [5.74, 6) is 1.20. The smallest absolute Gasteiger partial charge is 0.275 e. The van der Waals surface area contributed by atoms with E-state index in [2.05, 4.69) is 22.5 Å². The topological polar surface area (TPSA) is 75.6 Å². The van der Waals surface area contributed by atoms with Crippen molar-refractivity contribution in [3.8, 4) is 11.5 Å². The van der Waals surface area contributed by atoms with Crippen LogP contribution in [0.4, 0.5) is 0 Å². The maximum atomic E-state index is 11.9. The number of ether oxygens (including phenoxy) is 2. The second-order valence-electron chi connectivity index (χ2n) is 5.84. The highest BCUT2D eigenvalue weighted by Gasteiger charge is 2.16. The average Bonchev–Trinajstić information content (AvgIpc) is 3.04. The van der Waals surface area contributed by atoms with Crippen molar-refractivity contribution in [1.29, 1.82) is 0 Å². The molecule has 1 fully saturated rings. The first-order chi connectivity index (χ1) is 11.6. The number of piperazine rings is 1. The third kappa shape index (κ3) is 4.15. The molecular weight excluding hydrogens is 312 g/mol. The molecule has 8 nitrogen and oxygen atoms in total. The predicted octanol–water partition coefficient (Wildman–Crippen LogP) is 0.435. The monoisotopic (exact) mass is 334 g/mol. The molecule has 0 saturated carbocycles. The van der Waals surface area contributed by atoms with Gasteiger partial charge in [0.15, 0.2) is 18.1 Å². The fraction of sp³-hybridized carbons (Fsp3) is 0.500. The second kappa shape index (κ2) is 7.50. The molecule has 1 aromatic carbocycles. The molecule has 0 aromatic heterocycles. The highest BCUT2D eigenvalue weighted by molar-refractivity contribution is 5.99. The summed E-state index contributed by atoms with van der Waals surface area (Å²) in [6.45, 7) is 5.41. The molecule has 0 unspecified atom stereocenters. The SMILES string of the molecule is C/C(=N/OCC(=O)NN1CCN(C)CC1)c1ccc2c(c1)OCO2. The lowest BCUT2D eigenvalue weighted by molar-refractivity contribution is -0.131. The number of carbonyl (C=O) groups is 1. The number of hydrogen-bond acceptors (Lipinski definition) is 7. The van der Waals surface area contributed by atoms with Crippen LogP contribution >= 0.6 is 0 Å². The van der Waals surface area contributed by atoms with E-state index in [-0.39, 0.29) is 19.3 Å². The van der Waals surface area contributed by atoms with Gasteiger partial charge in [-0.05, 0) is 32.2 Å². The summed E-state index contributed by atoms with van der Waals surface area (Å²) < 4.78 is 10.6. The lowest BCUT2D eigenvalue weighted by Gasteiger charge is -2.32. The Morgan fingerprint density at radius 1 is 1.25 bits per heavy atom. The number of fused-ring (bicyclic) bond motifs is 1. The van der Waals surface area contributed by atoms with Crippen LogP contribution in [0.3, 0.4) is 0 Å². The predicted molar refractivity (Wildman–Crippen MR) is 87.9 cm³/mol. The lowest BCUT2D eigenvalue weighted by Crippen LogP contribution is -2.53. The third-order valence-electron chi connectivity index (χ3n) is 3.97. The third-order valence-corrected chi connectivity index (χ3v) is 3.97. The molecule has 24 heavy (non-hydrogen) atoms. The molecule has 0 radical (unpaired) electrons. The first-order valence-corrected chi connectivity index (χ1v) is 7.91. The molecule has 1 aromatic rings. The van der Waals surface area contributed by atoms with Gasteiger partial charge >= 0.3 is 0 Å². The van der Waals surface area contributed by atoms with Crippen LogP contribution in [-0.4, -0.2) is 68.2 Å². The van der Waals surface area contributed by atoms with Gasteiger partial charge in [-0.15, -0.1) is 0 Å². The van der Waals surface area contributed by atoms with E-state index in [9.17, 15) is 4.79 Å². The van der Waals surface area contributed by atoms with Crippen LogP contribution < -0.4 is 14.9 Å². The molecule has 130 valence electrons. The Kier molecular flexibility index (Phi) is 5.17. The van der Waals surface area contributed by atoms with Crippen LogP contribution in [0.5, 0.6) is 11.5 Å². The zero-order chi connectivity index (χ0) is 16.9. The Morgan fingerprint density at radius 2 is 2.00 bits per heavy atom. The summed E-state index contributed by atoms with van der Waals surface area (Å²) in [4.78, 5) is 19.2. The standard InChI is InChI=1S/C16H22N4O4/c1-12(13-3-4-14-15(9-13)23-11-22-14)18-24-10-16(21)17-20-7-5-19(2)6-8-20/h3-4,9H,5-8,10-11H2,1-2H3,(H,17,21)/b18-12-. The van der Waals surface area contributed by atoms with E-state index in [4.69, 9.17) is 14.3 Å². The Hall–Kier alpha value is -2.32. The molecule has 0 atom stereocenters. The molecule has 1 saturated heterocycles. The number of benzene rings is 1. The van der Waals surface area contributed by atoms with Crippen molar-refractivity contribution in [3.63, 3.8) is 0 Å². The lowest BCUT2D eigenvalue weighted by atomic mass is 10.1. The van der Waals surface area contributed by atoms with Gasteiger partial charge in [-0.1, -0.05) is 5.16 Å². The molecular formula is C16H22N4O4. The van der Waals surface area contributed by atoms with Crippen molar-refractivity contribution in [2.75, 3.05) is 46.6 Å². The van der Waals surface area contributed by atoms with Gasteiger partial charge in [0.05, 0.1) is 5.71 Å². The molecule has 2 aliphatic rings. The van der Waals surface area contributed by atoms with Gasteiger partial charge in [-0.2, -0.15) is 0 Å². The normalized spacial score (nSPS) is 18.5. The van der Waals surface area contributed by atoms with E-state index >= 15 is 0 Å². The summed E-state index contributed by atoms with van der Waals surface area (Å²) in [6.07, 6.45) is 0. The van der Waals surface area contributed by atoms with Crippen LogP contribution in [0, 0.1) is 0 Å². The number of likely N-dealkylation sites (N-methyl/N-ethyl adjacent to an activating group) is 1. The van der Waals surface area contributed by atoms with E-state index in [0.29, 0.717) is 11.5 Å². The fourth-order valence-corrected chi connectivity index (χ4v) is 2.49. The molecule has 1 N–H and O–H groups in total. The number of oxime groups is 1. The Bertz CT molecular complexity index is 627. The average molecular weight is 334 g/mol. The van der Waals surface area contributed by atoms with Gasteiger partial charge < -0.3 is 19.2 Å². The number of nitrogens with one attached hydrogen (secondary N) is 1. The van der Waals surface area contributed by atoms with Crippen molar-refractivity contribution >= 4 is 11.6 Å². The summed E-state index contributed by atoms with van der Waals surface area (Å²) in [7, 11) is 2.07. The second-order valence-corrected chi connectivity index (χ2v) is 5.84. The Morgan fingerprint density at radius 3 is 2.79 bits per heavy atom. The van der Waals surface area contributed by atoms with E-state index in [0.717, 1.165) is 37.5 Å². The van der Waals surface area contributed by atoms with Crippen molar-refractivity contribution in [3.05, 3.63) is 23.8 Å². The summed E-state index contributed by atoms with van der Waals surface area (Å²) in [5.41, 5.74) is 4.35. The molecule has 1 amide bonds. The first-order valence-electron chi connectivity index (χ1n) is 7.91. The van der Waals surface area contributed by atoms with Crippen LogP contribution in [0.1, 0.15) is 12.5 Å². The van der Waals surface area contributed by atoms with Crippen molar-refractivity contribution in [2.24, 2.45) is 5.16 Å². The van der Waals surface area contributed by atoms with Crippen LogP contribution in [0.15, 0.2) is 23.4 Å². The molecule has 2 aliphatic heterocycles. The fourth-order valence-electron chi connectivity index (χ4n) is 2.49. The maximum Gasteiger partial charge on any atom is 0.275 e. The molecule has 3 rings (SSSR count). The quantitative estimate of drug-likeness (QED) is 0.622. The number of nitrogens with zero attached hydrogens (tertiary/aromatic N) is 3. The van der Waals surface area contributed by atoms with E-state index in [1.165, 1.54) is 0 Å². The molecule has 2 heterocycles. The molecule has 8 heteroatoms. The van der Waals surface area contributed by atoms with E-state index in [1.807, 2.05) is 30.1 Å². The molecule has 0 aliphatic carbocycles. The van der Waals surface area contributed by atoms with Crippen LogP contribution in [0.2, 0.25) is 0 Å². The van der Waals surface area contributed by atoms with E-state index in [1.54, 1.807) is 0 Å². The number of carbonyl (C=O) groups excluding carboxylic acids is 1. The largest absolute Gasteiger partial charge is 0.454 e. The minimum Gasteiger partial charge on any atom is -0.454 e. The maximum absolute atomic E-state index is 11.9. The minimum absolute atomic E-state index is 0.117. The van der Waals surface area contributed by atoms with E-state index < -0.39 is 0 Å². The molecule has 0 spiro atoms. The Balaban J connectivity index is 1.46. The number of rotatable bonds is 5. The number of amides is 1.